The van der Waals surface area contributed by atoms with E-state index < -0.39 is 84.6 Å². The minimum absolute atomic E-state index is 0.00770. The van der Waals surface area contributed by atoms with Gasteiger partial charge in [0.2, 0.25) is 5.95 Å². The van der Waals surface area contributed by atoms with Crippen LogP contribution in [0.2, 0.25) is 0 Å². The fourth-order valence-corrected chi connectivity index (χ4v) is 6.26. The summed E-state index contributed by atoms with van der Waals surface area (Å²) in [4.78, 5) is 35.5. The van der Waals surface area contributed by atoms with Gasteiger partial charge in [-0.25, -0.2) is 32.7 Å². The van der Waals surface area contributed by atoms with Gasteiger partial charge < -0.3 is 19.5 Å². The number of carbonyl (C=O) groups excluding carboxylic acids is 1. The summed E-state index contributed by atoms with van der Waals surface area (Å²) in [5.74, 6) is -5.24. The lowest BCUT2D eigenvalue weighted by atomic mass is 9.93. The molecule has 0 radical (unpaired) electrons. The Labute approximate surface area is 294 Å². The minimum atomic E-state index is -5.16. The molecular formula is C35H27F9N4O5. The first-order valence-electron chi connectivity index (χ1n) is 15.6. The number of anilines is 1. The lowest BCUT2D eigenvalue weighted by molar-refractivity contribution is -0.143. The molecule has 2 atom stereocenters. The summed E-state index contributed by atoms with van der Waals surface area (Å²) in [6.45, 7) is 0.918. The lowest BCUT2D eigenvalue weighted by Crippen LogP contribution is -2.57. The van der Waals surface area contributed by atoms with Crippen molar-refractivity contribution in [1.82, 2.24) is 14.9 Å². The number of hydrogen-bond donors (Lipinski definition) is 1. The summed E-state index contributed by atoms with van der Waals surface area (Å²) >= 11 is 0. The van der Waals surface area contributed by atoms with Gasteiger partial charge >= 0.3 is 24.4 Å². The first-order chi connectivity index (χ1) is 24.7. The van der Waals surface area contributed by atoms with E-state index in [1.807, 2.05) is 0 Å². The number of cyclic esters (lactones) is 1. The number of halogens is 9. The summed E-state index contributed by atoms with van der Waals surface area (Å²) in [6.07, 6.45) is -11.8. The molecule has 2 aliphatic rings. The van der Waals surface area contributed by atoms with E-state index in [2.05, 4.69) is 9.97 Å². The highest BCUT2D eigenvalue weighted by Gasteiger charge is 2.46. The van der Waals surface area contributed by atoms with Crippen molar-refractivity contribution in [2.45, 2.75) is 50.8 Å². The number of nitrogens with zero attached hydrogens (tertiary/aromatic N) is 4. The quantitative estimate of drug-likeness (QED) is 0.179. The molecule has 0 bridgehead atoms. The first kappa shape index (κ1) is 37.2. The number of hydrogen-bond acceptors (Lipinski definition) is 7. The van der Waals surface area contributed by atoms with Crippen molar-refractivity contribution in [2.75, 3.05) is 25.1 Å². The normalized spacial score (nSPS) is 18.5. The Bertz CT molecular complexity index is 2080. The molecule has 18 heteroatoms. The third-order valence-corrected chi connectivity index (χ3v) is 8.98. The molecule has 3 heterocycles. The zero-order valence-electron chi connectivity index (χ0n) is 27.7. The van der Waals surface area contributed by atoms with E-state index in [1.165, 1.54) is 44.5 Å². The average Bonchev–Trinajstić information content (AvgIpc) is 3.34. The molecule has 2 saturated heterocycles. The molecule has 0 saturated carbocycles. The number of ether oxygens (including phenoxy) is 2. The molecule has 6 rings (SSSR count). The maximum atomic E-state index is 15.6. The highest BCUT2D eigenvalue weighted by atomic mass is 19.4. The van der Waals surface area contributed by atoms with Crippen molar-refractivity contribution in [3.63, 3.8) is 0 Å². The number of methoxy groups -OCH3 is 1. The van der Waals surface area contributed by atoms with Gasteiger partial charge in [-0.05, 0) is 66.9 Å². The van der Waals surface area contributed by atoms with Crippen molar-refractivity contribution in [2.24, 2.45) is 0 Å². The van der Waals surface area contributed by atoms with E-state index in [9.17, 15) is 49.8 Å². The molecule has 0 unspecified atom stereocenters. The molecule has 9 nitrogen and oxygen atoms in total. The molecule has 4 aromatic rings. The van der Waals surface area contributed by atoms with Gasteiger partial charge in [0.15, 0.2) is 0 Å². The molecule has 3 aromatic carbocycles. The van der Waals surface area contributed by atoms with Gasteiger partial charge in [0.25, 0.3) is 5.92 Å². The van der Waals surface area contributed by atoms with E-state index in [0.29, 0.717) is 23.3 Å². The molecule has 2 aliphatic heterocycles. The van der Waals surface area contributed by atoms with Crippen LogP contribution in [0.3, 0.4) is 0 Å². The summed E-state index contributed by atoms with van der Waals surface area (Å²) in [6, 6.07) is 6.09. The number of carbonyl (C=O) groups is 2. The largest absolute Gasteiger partial charge is 0.496 e. The fourth-order valence-electron chi connectivity index (χ4n) is 6.26. The van der Waals surface area contributed by atoms with E-state index >= 15 is 4.39 Å². The monoisotopic (exact) mass is 754 g/mol. The SMILES string of the molecule is COc1cc(F)c(-c2ccc(C(=O)O)cc2C)cc1-c1cnc(N2CC(F)(F)C2)nc1CN1C(=O)O[C@H](c2cc(C(F)(F)F)cc(C(F)(F)F)c2)[C@@H]1C. The van der Waals surface area contributed by atoms with Gasteiger partial charge in [0, 0.05) is 29.0 Å². The fraction of sp³-hybridized carbons (Fsp3) is 0.314. The lowest BCUT2D eigenvalue weighted by Gasteiger charge is -2.38. The number of rotatable bonds is 8. The zero-order chi connectivity index (χ0) is 38.8. The Balaban J connectivity index is 1.44. The van der Waals surface area contributed by atoms with E-state index in [0.717, 1.165) is 15.9 Å². The van der Waals surface area contributed by atoms with Crippen LogP contribution in [0.25, 0.3) is 22.3 Å². The summed E-state index contributed by atoms with van der Waals surface area (Å²) < 4.78 is 136. The second-order valence-electron chi connectivity index (χ2n) is 12.6. The molecule has 280 valence electrons. The number of aromatic carboxylic acids is 1. The molecular weight excluding hydrogens is 727 g/mol. The second-order valence-corrected chi connectivity index (χ2v) is 12.6. The van der Waals surface area contributed by atoms with Crippen LogP contribution < -0.4 is 9.64 Å². The predicted octanol–water partition coefficient (Wildman–Crippen LogP) is 8.54. The molecule has 0 aliphatic carbocycles. The second kappa shape index (κ2) is 13.1. The predicted molar refractivity (Wildman–Crippen MR) is 169 cm³/mol. The van der Waals surface area contributed by atoms with Crippen LogP contribution in [0.1, 0.15) is 51.3 Å². The van der Waals surface area contributed by atoms with Gasteiger partial charge in [-0.2, -0.15) is 26.3 Å². The molecule has 1 aromatic heterocycles. The summed E-state index contributed by atoms with van der Waals surface area (Å²) in [5, 5.41) is 9.38. The van der Waals surface area contributed by atoms with E-state index in [-0.39, 0.29) is 45.7 Å². The van der Waals surface area contributed by atoms with Crippen molar-refractivity contribution < 1.29 is 63.7 Å². The van der Waals surface area contributed by atoms with Gasteiger partial charge in [-0.3, -0.25) is 4.90 Å². The number of amides is 1. The highest BCUT2D eigenvalue weighted by Crippen LogP contribution is 2.43. The summed E-state index contributed by atoms with van der Waals surface area (Å²) in [5.41, 5.74) is -2.94. The van der Waals surface area contributed by atoms with Crippen LogP contribution in [-0.4, -0.2) is 64.2 Å². The van der Waals surface area contributed by atoms with E-state index in [1.54, 1.807) is 6.92 Å². The van der Waals surface area contributed by atoms with Gasteiger partial charge in [-0.15, -0.1) is 0 Å². The number of aromatic nitrogens is 2. The van der Waals surface area contributed by atoms with Crippen LogP contribution >= 0.6 is 0 Å². The maximum absolute atomic E-state index is 15.6. The maximum Gasteiger partial charge on any atom is 0.416 e. The van der Waals surface area contributed by atoms with E-state index in [4.69, 9.17) is 9.47 Å². The van der Waals surface area contributed by atoms with Crippen LogP contribution in [-0.2, 0) is 23.6 Å². The Morgan fingerprint density at radius 1 is 0.962 bits per heavy atom. The smallest absolute Gasteiger partial charge is 0.416 e. The van der Waals surface area contributed by atoms with Crippen molar-refractivity contribution >= 4 is 18.0 Å². The minimum Gasteiger partial charge on any atom is -0.496 e. The molecule has 1 N–H and O–H groups in total. The first-order valence-corrected chi connectivity index (χ1v) is 15.6. The number of alkyl halides is 8. The van der Waals surface area contributed by atoms with Gasteiger partial charge in [0.05, 0.1) is 55.2 Å². The number of carboxylic acid groups (broad SMARTS) is 1. The highest BCUT2D eigenvalue weighted by molar-refractivity contribution is 5.89. The van der Waals surface area contributed by atoms with Crippen LogP contribution in [0.5, 0.6) is 5.75 Å². The number of aryl methyl sites for hydroxylation is 1. The Kier molecular flexibility index (Phi) is 9.23. The third kappa shape index (κ3) is 7.26. The molecule has 0 spiro atoms. The summed E-state index contributed by atoms with van der Waals surface area (Å²) in [7, 11) is 1.23. The number of carboxylic acids is 1. The molecule has 2 fully saturated rings. The van der Waals surface area contributed by atoms with Crippen molar-refractivity contribution in [3.05, 3.63) is 94.1 Å². The Morgan fingerprint density at radius 2 is 1.60 bits per heavy atom. The zero-order valence-corrected chi connectivity index (χ0v) is 27.7. The van der Waals surface area contributed by atoms with Crippen LogP contribution in [0, 0.1) is 12.7 Å². The third-order valence-electron chi connectivity index (χ3n) is 8.98. The van der Waals surface area contributed by atoms with Crippen LogP contribution in [0.4, 0.5) is 50.3 Å². The average molecular weight is 755 g/mol. The molecule has 53 heavy (non-hydrogen) atoms. The topological polar surface area (TPSA) is 105 Å². The molecule has 1 amide bonds. The van der Waals surface area contributed by atoms with Gasteiger partial charge in [-0.1, -0.05) is 6.07 Å². The van der Waals surface area contributed by atoms with Crippen molar-refractivity contribution in [1.29, 1.82) is 0 Å². The standard InChI is InChI=1S/C35H27F9N4O5/c1-16-6-18(30(49)50)4-5-22(16)23-10-24(28(52-3)11-26(23)36)25-12-45-31(47-14-33(37,38)15-47)46-27(25)13-48-17(2)29(53-32(48)51)19-7-20(34(39,40)41)9-21(8-19)35(42,43)44/h4-12,17,29H,13-15H2,1-3H3,(H,49,50)/t17-,29-/m0/s1. The Hall–Kier alpha value is -5.55. The number of benzene rings is 3. The van der Waals surface area contributed by atoms with Crippen LogP contribution in [0.15, 0.2) is 54.7 Å². The Morgan fingerprint density at radius 3 is 2.15 bits per heavy atom. The van der Waals surface area contributed by atoms with Crippen molar-refractivity contribution in [3.8, 4) is 28.0 Å². The van der Waals surface area contributed by atoms with Gasteiger partial charge in [0.1, 0.15) is 17.7 Å².